The molecule has 15 heavy (non-hydrogen) atoms. The second kappa shape index (κ2) is 4.00. The van der Waals surface area contributed by atoms with Crippen molar-refractivity contribution in [2.45, 2.75) is 0 Å². The number of nitrogen functional groups attached to an aromatic ring is 1. The van der Waals surface area contributed by atoms with Gasteiger partial charge in [0.25, 0.3) is 0 Å². The van der Waals surface area contributed by atoms with Crippen LogP contribution in [0.5, 0.6) is 0 Å². The van der Waals surface area contributed by atoms with Gasteiger partial charge in [-0.25, -0.2) is 4.98 Å². The lowest BCUT2D eigenvalue weighted by Gasteiger charge is -1.94. The zero-order valence-electron chi connectivity index (χ0n) is 8.59. The molecule has 0 aliphatic carbocycles. The first-order valence-electron chi connectivity index (χ1n) is 4.77. The third kappa shape index (κ3) is 2.07. The van der Waals surface area contributed by atoms with Gasteiger partial charge in [-0.3, -0.25) is 0 Å². The summed E-state index contributed by atoms with van der Waals surface area (Å²) in [6.07, 6.45) is 5.63. The lowest BCUT2D eigenvalue weighted by Crippen LogP contribution is -1.95. The largest absolute Gasteiger partial charge is 0.383 e. The molecule has 0 bridgehead atoms. The van der Waals surface area contributed by atoms with Crippen molar-refractivity contribution >= 4 is 18.0 Å². The minimum absolute atomic E-state index is 0.683. The number of hydrogen-bond donors (Lipinski definition) is 1. The van der Waals surface area contributed by atoms with Gasteiger partial charge >= 0.3 is 0 Å². The molecule has 0 saturated carbocycles. The fraction of sp³-hybridized carbons (Fsp3) is 0.0833. The molecule has 3 nitrogen and oxygen atoms in total. The van der Waals surface area contributed by atoms with Crippen molar-refractivity contribution in [1.29, 1.82) is 0 Å². The summed E-state index contributed by atoms with van der Waals surface area (Å²) in [6.45, 7) is 0. The summed E-state index contributed by atoms with van der Waals surface area (Å²) in [4.78, 5) is 4.18. The van der Waals surface area contributed by atoms with Crippen LogP contribution in [0.25, 0.3) is 12.2 Å². The number of imidazole rings is 1. The molecule has 0 spiro atoms. The van der Waals surface area contributed by atoms with Crippen LogP contribution < -0.4 is 5.73 Å². The summed E-state index contributed by atoms with van der Waals surface area (Å²) in [6, 6.07) is 10.1. The van der Waals surface area contributed by atoms with E-state index in [9.17, 15) is 0 Å². The number of hydrogen-bond acceptors (Lipinski definition) is 2. The lowest BCUT2D eigenvalue weighted by atomic mass is 10.2. The van der Waals surface area contributed by atoms with Crippen molar-refractivity contribution < 1.29 is 0 Å². The predicted molar refractivity (Wildman–Crippen MR) is 63.0 cm³/mol. The van der Waals surface area contributed by atoms with Gasteiger partial charge in [-0.15, -0.1) is 0 Å². The molecule has 76 valence electrons. The summed E-state index contributed by atoms with van der Waals surface area (Å²) in [5.74, 6) is 0.683. The van der Waals surface area contributed by atoms with Crippen LogP contribution in [0.1, 0.15) is 11.3 Å². The van der Waals surface area contributed by atoms with Crippen molar-refractivity contribution in [3.63, 3.8) is 0 Å². The maximum absolute atomic E-state index is 5.82. The van der Waals surface area contributed by atoms with Crippen molar-refractivity contribution in [2.75, 3.05) is 5.73 Å². The number of aromatic nitrogens is 2. The zero-order valence-corrected chi connectivity index (χ0v) is 8.59. The van der Waals surface area contributed by atoms with Crippen LogP contribution in [0.4, 0.5) is 5.82 Å². The summed E-state index contributed by atoms with van der Waals surface area (Å²) < 4.78 is 1.80. The third-order valence-electron chi connectivity index (χ3n) is 2.25. The molecule has 0 unspecified atom stereocenters. The van der Waals surface area contributed by atoms with Crippen molar-refractivity contribution in [3.05, 3.63) is 47.9 Å². The van der Waals surface area contributed by atoms with Gasteiger partial charge in [0.1, 0.15) is 11.5 Å². The normalized spacial score (nSPS) is 11.0. The van der Waals surface area contributed by atoms with Crippen LogP contribution in [0.2, 0.25) is 0 Å². The van der Waals surface area contributed by atoms with E-state index in [0.29, 0.717) is 5.82 Å². The van der Waals surface area contributed by atoms with E-state index in [2.05, 4.69) is 4.98 Å². The molecule has 0 aliphatic rings. The zero-order chi connectivity index (χ0) is 10.7. The third-order valence-corrected chi connectivity index (χ3v) is 2.25. The Morgan fingerprint density at radius 3 is 2.53 bits per heavy atom. The molecular weight excluding hydrogens is 186 g/mol. The molecule has 2 aromatic rings. The van der Waals surface area contributed by atoms with Gasteiger partial charge in [0, 0.05) is 7.05 Å². The molecule has 0 atom stereocenters. The number of benzene rings is 1. The van der Waals surface area contributed by atoms with Gasteiger partial charge in [-0.1, -0.05) is 36.4 Å². The molecule has 1 aromatic carbocycles. The standard InChI is InChI=1S/C12H13N3/c1-15-9-14-11(12(15)13)8-7-10-5-3-2-4-6-10/h2-9H,13H2,1H3. The first-order chi connectivity index (χ1) is 7.27. The van der Waals surface area contributed by atoms with Crippen LogP contribution in [0.15, 0.2) is 36.7 Å². The molecule has 2 rings (SSSR count). The van der Waals surface area contributed by atoms with E-state index in [1.54, 1.807) is 10.9 Å². The molecule has 1 aromatic heterocycles. The topological polar surface area (TPSA) is 43.8 Å². The summed E-state index contributed by atoms with van der Waals surface area (Å²) in [5.41, 5.74) is 7.76. The molecule has 0 aliphatic heterocycles. The Balaban J connectivity index is 2.23. The van der Waals surface area contributed by atoms with E-state index >= 15 is 0 Å². The highest BCUT2D eigenvalue weighted by molar-refractivity contribution is 5.72. The smallest absolute Gasteiger partial charge is 0.130 e. The molecule has 3 heteroatoms. The van der Waals surface area contributed by atoms with Crippen LogP contribution in [0, 0.1) is 0 Å². The van der Waals surface area contributed by atoms with Crippen molar-refractivity contribution in [2.24, 2.45) is 7.05 Å². The molecule has 0 fully saturated rings. The number of anilines is 1. The number of nitrogens with two attached hydrogens (primary N) is 1. The SMILES string of the molecule is Cn1cnc(C=Cc2ccccc2)c1N. The molecule has 0 radical (unpaired) electrons. The lowest BCUT2D eigenvalue weighted by molar-refractivity contribution is 0.925. The highest BCUT2D eigenvalue weighted by Crippen LogP contribution is 2.12. The van der Waals surface area contributed by atoms with Gasteiger partial charge in [0.2, 0.25) is 0 Å². The number of rotatable bonds is 2. The van der Waals surface area contributed by atoms with Gasteiger partial charge in [-0.05, 0) is 11.6 Å². The highest BCUT2D eigenvalue weighted by atomic mass is 15.1. The average molecular weight is 199 g/mol. The van der Waals surface area contributed by atoms with Crippen LogP contribution in [0.3, 0.4) is 0 Å². The molecule has 2 N–H and O–H groups in total. The van der Waals surface area contributed by atoms with E-state index in [4.69, 9.17) is 5.73 Å². The number of aryl methyl sites for hydroxylation is 1. The minimum atomic E-state index is 0.683. The summed E-state index contributed by atoms with van der Waals surface area (Å²) in [7, 11) is 1.88. The first kappa shape index (κ1) is 9.52. The second-order valence-electron chi connectivity index (χ2n) is 3.37. The minimum Gasteiger partial charge on any atom is -0.383 e. The average Bonchev–Trinajstić information content (AvgIpc) is 2.59. The van der Waals surface area contributed by atoms with E-state index in [1.165, 1.54) is 0 Å². The van der Waals surface area contributed by atoms with Crippen molar-refractivity contribution in [1.82, 2.24) is 9.55 Å². The number of nitrogens with zero attached hydrogens (tertiary/aromatic N) is 2. The first-order valence-corrected chi connectivity index (χ1v) is 4.77. The molecular formula is C12H13N3. The van der Waals surface area contributed by atoms with E-state index in [1.807, 2.05) is 49.5 Å². The Bertz CT molecular complexity index is 469. The Kier molecular flexibility index (Phi) is 2.54. The van der Waals surface area contributed by atoms with E-state index in [-0.39, 0.29) is 0 Å². The van der Waals surface area contributed by atoms with Gasteiger partial charge < -0.3 is 10.3 Å². The molecule has 0 saturated heterocycles. The van der Waals surface area contributed by atoms with Crippen molar-refractivity contribution in [3.8, 4) is 0 Å². The summed E-state index contributed by atoms with van der Waals surface area (Å²) >= 11 is 0. The Morgan fingerprint density at radius 2 is 1.93 bits per heavy atom. The Morgan fingerprint density at radius 1 is 1.20 bits per heavy atom. The van der Waals surface area contributed by atoms with Crippen LogP contribution in [-0.4, -0.2) is 9.55 Å². The maximum atomic E-state index is 5.82. The predicted octanol–water partition coefficient (Wildman–Crippen LogP) is 2.17. The quantitative estimate of drug-likeness (QED) is 0.805. The monoisotopic (exact) mass is 199 g/mol. The van der Waals surface area contributed by atoms with Gasteiger partial charge in [0.05, 0.1) is 6.33 Å². The second-order valence-corrected chi connectivity index (χ2v) is 3.37. The maximum Gasteiger partial charge on any atom is 0.130 e. The summed E-state index contributed by atoms with van der Waals surface area (Å²) in [5, 5.41) is 0. The van der Waals surface area contributed by atoms with Gasteiger partial charge in [0.15, 0.2) is 0 Å². The van der Waals surface area contributed by atoms with Gasteiger partial charge in [-0.2, -0.15) is 0 Å². The fourth-order valence-electron chi connectivity index (χ4n) is 1.33. The Hall–Kier alpha value is -2.03. The van der Waals surface area contributed by atoms with Crippen LogP contribution >= 0.6 is 0 Å². The van der Waals surface area contributed by atoms with Crippen LogP contribution in [-0.2, 0) is 7.05 Å². The van der Waals surface area contributed by atoms with E-state index < -0.39 is 0 Å². The van der Waals surface area contributed by atoms with E-state index in [0.717, 1.165) is 11.3 Å². The highest BCUT2D eigenvalue weighted by Gasteiger charge is 1.99. The fourth-order valence-corrected chi connectivity index (χ4v) is 1.33. The Labute approximate surface area is 88.9 Å². The molecule has 0 amide bonds. The molecule has 1 heterocycles.